The Hall–Kier alpha value is -3.93. The first kappa shape index (κ1) is 56.1. The summed E-state index contributed by atoms with van der Waals surface area (Å²) >= 11 is 0. The molecule has 0 aliphatic carbocycles. The standard InChI is InChI=1S/C54H86O6/c1-4-7-10-13-16-19-22-24-25-26-27-28-30-32-35-38-41-44-47-53(56)59-50-51(49-58-52(55)46-43-40-37-34-31-21-18-15-12-9-6-3)60-54(57)48-45-42-39-36-33-29-23-20-17-14-11-8-5-2/h8,10-11,13-20,22-28,51H,4-7,9,12,21,29-50H2,1-3H3/b11-8-,13-10-,17-14-,18-15-,19-16-,23-20-,24-22-,26-25-,28-27-. The van der Waals surface area contributed by atoms with Crippen molar-refractivity contribution in [2.75, 3.05) is 13.2 Å². The number of carbonyl (C=O) groups excluding carboxylic acids is 3. The smallest absolute Gasteiger partial charge is 0.306 e. The highest BCUT2D eigenvalue weighted by atomic mass is 16.6. The molecule has 338 valence electrons. The first-order valence-electron chi connectivity index (χ1n) is 24.0. The molecule has 0 saturated heterocycles. The zero-order chi connectivity index (χ0) is 43.7. The van der Waals surface area contributed by atoms with Crippen molar-refractivity contribution in [3.63, 3.8) is 0 Å². The number of carbonyl (C=O) groups is 3. The van der Waals surface area contributed by atoms with Gasteiger partial charge in [-0.2, -0.15) is 0 Å². The number of ether oxygens (including phenoxy) is 3. The molecule has 0 rings (SSSR count). The Kier molecular flexibility index (Phi) is 44.6. The van der Waals surface area contributed by atoms with Gasteiger partial charge in [0.05, 0.1) is 0 Å². The SMILES string of the molecule is CC\C=C/C=C\C=C/CCCCCCCC(=O)OC(COC(=O)CCCCCCC\C=C/C=C\C=C/C=C\C=C/CCC)COC(=O)CCCCCCC/C=C\CCCC. The molecule has 6 heteroatoms. The Bertz CT molecular complexity index is 1280. The van der Waals surface area contributed by atoms with Gasteiger partial charge in [-0.15, -0.1) is 0 Å². The van der Waals surface area contributed by atoms with Gasteiger partial charge in [0.1, 0.15) is 13.2 Å². The van der Waals surface area contributed by atoms with Crippen molar-refractivity contribution in [3.8, 4) is 0 Å². The quantitative estimate of drug-likeness (QED) is 0.0201. The molecule has 0 N–H and O–H groups in total. The van der Waals surface area contributed by atoms with Crippen LogP contribution in [0.4, 0.5) is 0 Å². The summed E-state index contributed by atoms with van der Waals surface area (Å²) in [6.07, 6.45) is 63.5. The van der Waals surface area contributed by atoms with E-state index in [1.54, 1.807) is 0 Å². The molecule has 60 heavy (non-hydrogen) atoms. The monoisotopic (exact) mass is 831 g/mol. The maximum atomic E-state index is 12.7. The van der Waals surface area contributed by atoms with Crippen LogP contribution in [-0.2, 0) is 28.6 Å². The van der Waals surface area contributed by atoms with E-state index in [1.165, 1.54) is 32.1 Å². The fourth-order valence-electron chi connectivity index (χ4n) is 6.04. The molecular weight excluding hydrogens is 745 g/mol. The van der Waals surface area contributed by atoms with Crippen LogP contribution < -0.4 is 0 Å². The Morgan fingerprint density at radius 3 is 1.13 bits per heavy atom. The van der Waals surface area contributed by atoms with E-state index in [1.807, 2.05) is 42.5 Å². The van der Waals surface area contributed by atoms with Gasteiger partial charge in [-0.05, 0) is 77.0 Å². The number of hydrogen-bond donors (Lipinski definition) is 0. The van der Waals surface area contributed by atoms with Gasteiger partial charge < -0.3 is 14.2 Å². The van der Waals surface area contributed by atoms with Crippen molar-refractivity contribution in [2.24, 2.45) is 0 Å². The number of hydrogen-bond acceptors (Lipinski definition) is 6. The summed E-state index contributed by atoms with van der Waals surface area (Å²) in [4.78, 5) is 37.8. The van der Waals surface area contributed by atoms with E-state index in [-0.39, 0.29) is 31.1 Å². The molecule has 0 aromatic rings. The van der Waals surface area contributed by atoms with Gasteiger partial charge in [-0.1, -0.05) is 207 Å². The second-order valence-electron chi connectivity index (χ2n) is 15.5. The van der Waals surface area contributed by atoms with Crippen molar-refractivity contribution in [2.45, 2.75) is 200 Å². The first-order valence-corrected chi connectivity index (χ1v) is 24.0. The molecule has 0 aromatic carbocycles. The first-order chi connectivity index (χ1) is 29.5. The van der Waals surface area contributed by atoms with Gasteiger partial charge in [0.2, 0.25) is 0 Å². The largest absolute Gasteiger partial charge is 0.462 e. The van der Waals surface area contributed by atoms with E-state index in [4.69, 9.17) is 14.2 Å². The van der Waals surface area contributed by atoms with Crippen molar-refractivity contribution in [3.05, 3.63) is 109 Å². The molecular formula is C54H86O6. The Morgan fingerprint density at radius 1 is 0.350 bits per heavy atom. The Balaban J connectivity index is 4.48. The highest BCUT2D eigenvalue weighted by Crippen LogP contribution is 2.13. The lowest BCUT2D eigenvalue weighted by atomic mass is 10.1. The second kappa shape index (κ2) is 47.7. The van der Waals surface area contributed by atoms with Gasteiger partial charge in [0, 0.05) is 19.3 Å². The zero-order valence-electron chi connectivity index (χ0n) is 38.4. The summed E-state index contributed by atoms with van der Waals surface area (Å²) in [7, 11) is 0. The minimum Gasteiger partial charge on any atom is -0.462 e. The number of allylic oxidation sites excluding steroid dienone is 18. The molecule has 1 atom stereocenters. The van der Waals surface area contributed by atoms with Gasteiger partial charge in [-0.25, -0.2) is 0 Å². The van der Waals surface area contributed by atoms with Gasteiger partial charge >= 0.3 is 17.9 Å². The third-order valence-corrected chi connectivity index (χ3v) is 9.65. The summed E-state index contributed by atoms with van der Waals surface area (Å²) in [6.45, 7) is 6.30. The molecule has 0 fully saturated rings. The third kappa shape index (κ3) is 45.2. The molecule has 0 bridgehead atoms. The van der Waals surface area contributed by atoms with Crippen molar-refractivity contribution in [1.29, 1.82) is 0 Å². The lowest BCUT2D eigenvalue weighted by molar-refractivity contribution is -0.167. The van der Waals surface area contributed by atoms with Crippen molar-refractivity contribution < 1.29 is 28.6 Å². The molecule has 0 radical (unpaired) electrons. The fourth-order valence-corrected chi connectivity index (χ4v) is 6.04. The van der Waals surface area contributed by atoms with Crippen LogP contribution >= 0.6 is 0 Å². The summed E-state index contributed by atoms with van der Waals surface area (Å²) in [5.41, 5.74) is 0. The fraction of sp³-hybridized carbons (Fsp3) is 0.611. The summed E-state index contributed by atoms with van der Waals surface area (Å²) in [6, 6.07) is 0. The van der Waals surface area contributed by atoms with Crippen LogP contribution in [0.5, 0.6) is 0 Å². The van der Waals surface area contributed by atoms with Crippen LogP contribution in [0, 0.1) is 0 Å². The van der Waals surface area contributed by atoms with E-state index < -0.39 is 6.10 Å². The predicted octanol–water partition coefficient (Wildman–Crippen LogP) is 15.6. The van der Waals surface area contributed by atoms with Crippen LogP contribution in [0.1, 0.15) is 194 Å². The van der Waals surface area contributed by atoms with E-state index in [0.717, 1.165) is 122 Å². The van der Waals surface area contributed by atoms with Crippen LogP contribution in [0.3, 0.4) is 0 Å². The van der Waals surface area contributed by atoms with Crippen molar-refractivity contribution in [1.82, 2.24) is 0 Å². The topological polar surface area (TPSA) is 78.9 Å². The van der Waals surface area contributed by atoms with E-state index in [9.17, 15) is 14.4 Å². The lowest BCUT2D eigenvalue weighted by Crippen LogP contribution is -2.30. The zero-order valence-corrected chi connectivity index (χ0v) is 38.4. The summed E-state index contributed by atoms with van der Waals surface area (Å²) in [5, 5.41) is 0. The highest BCUT2D eigenvalue weighted by Gasteiger charge is 2.19. The molecule has 0 heterocycles. The Labute approximate surface area is 368 Å². The van der Waals surface area contributed by atoms with E-state index >= 15 is 0 Å². The minimum atomic E-state index is -0.803. The average molecular weight is 831 g/mol. The molecule has 0 saturated carbocycles. The number of unbranched alkanes of at least 4 members (excludes halogenated alkanes) is 18. The predicted molar refractivity (Wildman–Crippen MR) is 256 cm³/mol. The number of rotatable bonds is 41. The summed E-state index contributed by atoms with van der Waals surface area (Å²) < 4.78 is 16.7. The van der Waals surface area contributed by atoms with Crippen LogP contribution in [0.15, 0.2) is 109 Å². The maximum Gasteiger partial charge on any atom is 0.306 e. The van der Waals surface area contributed by atoms with E-state index in [2.05, 4.69) is 87.6 Å². The van der Waals surface area contributed by atoms with Crippen LogP contribution in [0.2, 0.25) is 0 Å². The highest BCUT2D eigenvalue weighted by molar-refractivity contribution is 5.71. The average Bonchev–Trinajstić information content (AvgIpc) is 3.24. The van der Waals surface area contributed by atoms with E-state index in [0.29, 0.717) is 19.3 Å². The summed E-state index contributed by atoms with van der Waals surface area (Å²) in [5.74, 6) is -0.968. The molecule has 0 aliphatic rings. The lowest BCUT2D eigenvalue weighted by Gasteiger charge is -2.18. The Morgan fingerprint density at radius 2 is 0.700 bits per heavy atom. The molecule has 0 amide bonds. The van der Waals surface area contributed by atoms with Gasteiger partial charge in [-0.3, -0.25) is 14.4 Å². The molecule has 0 spiro atoms. The number of esters is 3. The van der Waals surface area contributed by atoms with Gasteiger partial charge in [0.25, 0.3) is 0 Å². The molecule has 1 unspecified atom stereocenters. The normalized spacial score (nSPS) is 13.1. The minimum absolute atomic E-state index is 0.102. The molecule has 6 nitrogen and oxygen atoms in total. The molecule has 0 aromatic heterocycles. The van der Waals surface area contributed by atoms with Crippen molar-refractivity contribution >= 4 is 17.9 Å². The molecule has 0 aliphatic heterocycles. The maximum absolute atomic E-state index is 12.7. The van der Waals surface area contributed by atoms with Crippen LogP contribution in [-0.4, -0.2) is 37.2 Å². The van der Waals surface area contributed by atoms with Gasteiger partial charge in [0.15, 0.2) is 6.10 Å². The van der Waals surface area contributed by atoms with Crippen LogP contribution in [0.25, 0.3) is 0 Å². The second-order valence-corrected chi connectivity index (χ2v) is 15.5. The third-order valence-electron chi connectivity index (χ3n) is 9.65.